The summed E-state index contributed by atoms with van der Waals surface area (Å²) in [5.41, 5.74) is 1.89. The minimum atomic E-state index is -4.39. The molecule has 2 aliphatic heterocycles. The normalized spacial score (nSPS) is 21.3. The summed E-state index contributed by atoms with van der Waals surface area (Å²) in [5, 5.41) is 16.8. The molecule has 2 fully saturated rings. The number of hydrogen-bond donors (Lipinski definition) is 1. The smallest absolute Gasteiger partial charge is 0.378 e. The van der Waals surface area contributed by atoms with Crippen LogP contribution in [0.3, 0.4) is 0 Å². The van der Waals surface area contributed by atoms with E-state index in [1.54, 1.807) is 9.80 Å². The molecule has 37 heavy (non-hydrogen) atoms. The third-order valence-electron chi connectivity index (χ3n) is 7.27. The number of aromatic amines is 1. The maximum atomic E-state index is 13.5. The van der Waals surface area contributed by atoms with Crippen LogP contribution in [0.2, 0.25) is 0 Å². The highest BCUT2D eigenvalue weighted by molar-refractivity contribution is 5.75. The molecule has 2 saturated heterocycles. The molecule has 2 aliphatic rings. The monoisotopic (exact) mass is 517 g/mol. The minimum absolute atomic E-state index is 0.0276. The number of carbonyl (C=O) groups is 1. The number of amides is 2. The second kappa shape index (κ2) is 11.5. The van der Waals surface area contributed by atoms with Gasteiger partial charge in [-0.15, -0.1) is 0 Å². The number of H-pyrrole nitrogens is 1. The van der Waals surface area contributed by atoms with Crippen molar-refractivity contribution in [2.75, 3.05) is 32.8 Å². The summed E-state index contributed by atoms with van der Waals surface area (Å²) < 4.78 is 45.0. The van der Waals surface area contributed by atoms with Crippen LogP contribution < -0.4 is 0 Å². The maximum absolute atomic E-state index is 13.5. The van der Waals surface area contributed by atoms with Crippen LogP contribution in [-0.2, 0) is 17.3 Å². The van der Waals surface area contributed by atoms with E-state index in [4.69, 9.17) is 4.74 Å². The van der Waals surface area contributed by atoms with Gasteiger partial charge in [0.2, 0.25) is 0 Å². The largest absolute Gasteiger partial charge is 0.416 e. The lowest BCUT2D eigenvalue weighted by Gasteiger charge is -2.41. The summed E-state index contributed by atoms with van der Waals surface area (Å²) in [6.45, 7) is 6.52. The van der Waals surface area contributed by atoms with Crippen LogP contribution in [0.1, 0.15) is 67.5 Å². The molecule has 0 aliphatic carbocycles. The summed E-state index contributed by atoms with van der Waals surface area (Å²) in [7, 11) is 0. The molecule has 7 nitrogen and oxygen atoms in total. The lowest BCUT2D eigenvalue weighted by atomic mass is 9.82. The van der Waals surface area contributed by atoms with E-state index in [9.17, 15) is 23.2 Å². The number of alkyl halides is 3. The average Bonchev–Trinajstić information content (AvgIpc) is 3.36. The van der Waals surface area contributed by atoms with Crippen molar-refractivity contribution in [3.05, 3.63) is 52.8 Å². The fourth-order valence-corrected chi connectivity index (χ4v) is 5.18. The van der Waals surface area contributed by atoms with Crippen LogP contribution >= 0.6 is 0 Å². The topological polar surface area (TPSA) is 85.2 Å². The Labute approximate surface area is 215 Å². The van der Waals surface area contributed by atoms with Crippen LogP contribution in [0.25, 0.3) is 0 Å². The summed E-state index contributed by atoms with van der Waals surface area (Å²) in [6.07, 6.45) is -1.57. The Morgan fingerprint density at radius 3 is 2.46 bits per heavy atom. The predicted octanol–water partition coefficient (Wildman–Crippen LogP) is 5.32. The molecule has 0 radical (unpaired) electrons. The van der Waals surface area contributed by atoms with Crippen LogP contribution in [0.5, 0.6) is 0 Å². The Hall–Kier alpha value is -3.06. The first kappa shape index (κ1) is 27.0. The number of urea groups is 1. The maximum Gasteiger partial charge on any atom is 0.416 e. The molecule has 1 aromatic carbocycles. The summed E-state index contributed by atoms with van der Waals surface area (Å²) >= 11 is 0. The molecule has 0 saturated carbocycles. The first-order valence-corrected chi connectivity index (χ1v) is 12.9. The highest BCUT2D eigenvalue weighted by atomic mass is 19.4. The van der Waals surface area contributed by atoms with Crippen molar-refractivity contribution in [3.63, 3.8) is 0 Å². The third kappa shape index (κ3) is 6.83. The fourth-order valence-electron chi connectivity index (χ4n) is 5.18. The van der Waals surface area contributed by atoms with Gasteiger partial charge in [0.05, 0.1) is 30.0 Å². The molecule has 3 heterocycles. The van der Waals surface area contributed by atoms with E-state index in [1.807, 2.05) is 19.9 Å². The molecule has 10 heteroatoms. The van der Waals surface area contributed by atoms with Gasteiger partial charge in [-0.3, -0.25) is 5.10 Å². The van der Waals surface area contributed by atoms with Gasteiger partial charge in [0, 0.05) is 56.0 Å². The molecule has 2 atom stereocenters. The molecule has 1 aromatic heterocycles. The highest BCUT2D eigenvalue weighted by Crippen LogP contribution is 2.37. The Bertz CT molecular complexity index is 1080. The number of rotatable bonds is 6. The van der Waals surface area contributed by atoms with Gasteiger partial charge in [-0.25, -0.2) is 4.79 Å². The zero-order valence-electron chi connectivity index (χ0n) is 21.3. The lowest BCUT2D eigenvalue weighted by Crippen LogP contribution is -2.51. The number of piperidine rings is 2. The van der Waals surface area contributed by atoms with Crippen molar-refractivity contribution in [2.45, 2.75) is 63.6 Å². The van der Waals surface area contributed by atoms with Crippen LogP contribution in [0, 0.1) is 17.2 Å². The van der Waals surface area contributed by atoms with Crippen molar-refractivity contribution in [1.82, 2.24) is 20.0 Å². The summed E-state index contributed by atoms with van der Waals surface area (Å²) in [5.74, 6) is -0.205. The van der Waals surface area contributed by atoms with Crippen molar-refractivity contribution < 1.29 is 22.7 Å². The van der Waals surface area contributed by atoms with Crippen molar-refractivity contribution in [3.8, 4) is 6.07 Å². The number of nitrogens with one attached hydrogen (secondary N) is 1. The Morgan fingerprint density at radius 1 is 1.16 bits per heavy atom. The third-order valence-corrected chi connectivity index (χ3v) is 7.27. The standard InChI is InChI=1S/C27H34F3N5O2/c1-18(2)37-12-9-24-14-25(33-32-24)22-13-21(20-3-5-23(6-4-20)27(28,29)30)16-35(17-22)26(36)34-10-7-19(15-31)8-11-34/h3-6,14,18-19,21-22H,7-13,16-17H2,1-2H3,(H,32,33). The zero-order valence-corrected chi connectivity index (χ0v) is 21.3. The van der Waals surface area contributed by atoms with E-state index in [0.29, 0.717) is 58.5 Å². The SMILES string of the molecule is CC(C)OCCc1cc(C2CC(c3ccc(C(F)(F)F)cc3)CN(C(=O)N3CCC(C#N)CC3)C2)n[nH]1. The molecule has 4 rings (SSSR count). The Balaban J connectivity index is 1.52. The minimum Gasteiger partial charge on any atom is -0.378 e. The summed E-state index contributed by atoms with van der Waals surface area (Å²) in [4.78, 5) is 17.1. The number of likely N-dealkylation sites (tertiary alicyclic amines) is 2. The van der Waals surface area contributed by atoms with Gasteiger partial charge in [0.25, 0.3) is 0 Å². The van der Waals surface area contributed by atoms with Gasteiger partial charge < -0.3 is 14.5 Å². The molecular weight excluding hydrogens is 483 g/mol. The number of halogens is 3. The quantitative estimate of drug-likeness (QED) is 0.562. The molecular formula is C27H34F3N5O2. The molecule has 1 N–H and O–H groups in total. The Kier molecular flexibility index (Phi) is 8.42. The first-order valence-electron chi connectivity index (χ1n) is 12.9. The number of aromatic nitrogens is 2. The molecule has 0 bridgehead atoms. The van der Waals surface area contributed by atoms with E-state index in [1.165, 1.54) is 12.1 Å². The van der Waals surface area contributed by atoms with Crippen LogP contribution in [0.4, 0.5) is 18.0 Å². The van der Waals surface area contributed by atoms with Crippen molar-refractivity contribution in [2.24, 2.45) is 5.92 Å². The van der Waals surface area contributed by atoms with Crippen LogP contribution in [-0.4, -0.2) is 64.9 Å². The summed E-state index contributed by atoms with van der Waals surface area (Å²) in [6, 6.07) is 9.47. The van der Waals surface area contributed by atoms with Crippen molar-refractivity contribution in [1.29, 1.82) is 5.26 Å². The van der Waals surface area contributed by atoms with E-state index in [-0.39, 0.29) is 29.9 Å². The molecule has 2 unspecified atom stereocenters. The number of carbonyl (C=O) groups excluding carboxylic acids is 1. The number of ether oxygens (including phenoxy) is 1. The van der Waals surface area contributed by atoms with E-state index >= 15 is 0 Å². The second-order valence-corrected chi connectivity index (χ2v) is 10.3. The lowest BCUT2D eigenvalue weighted by molar-refractivity contribution is -0.137. The molecule has 2 amide bonds. The number of hydrogen-bond acceptors (Lipinski definition) is 4. The Morgan fingerprint density at radius 2 is 1.84 bits per heavy atom. The molecule has 2 aromatic rings. The van der Waals surface area contributed by atoms with Gasteiger partial charge in [0.15, 0.2) is 0 Å². The first-order chi connectivity index (χ1) is 17.6. The van der Waals surface area contributed by atoms with Gasteiger partial charge in [0.1, 0.15) is 0 Å². The van der Waals surface area contributed by atoms with Gasteiger partial charge in [-0.2, -0.15) is 23.5 Å². The molecule has 200 valence electrons. The second-order valence-electron chi connectivity index (χ2n) is 10.3. The van der Waals surface area contributed by atoms with Crippen molar-refractivity contribution >= 4 is 6.03 Å². The van der Waals surface area contributed by atoms with Crippen LogP contribution in [0.15, 0.2) is 30.3 Å². The number of nitriles is 1. The van der Waals surface area contributed by atoms with E-state index in [2.05, 4.69) is 16.3 Å². The predicted molar refractivity (Wildman–Crippen MR) is 132 cm³/mol. The molecule has 0 spiro atoms. The average molecular weight is 518 g/mol. The van der Waals surface area contributed by atoms with E-state index < -0.39 is 11.7 Å². The van der Waals surface area contributed by atoms with Gasteiger partial charge in [-0.1, -0.05) is 12.1 Å². The fraction of sp³-hybridized carbons (Fsp3) is 0.593. The highest BCUT2D eigenvalue weighted by Gasteiger charge is 2.36. The van der Waals surface area contributed by atoms with Gasteiger partial charge >= 0.3 is 12.2 Å². The number of benzene rings is 1. The number of nitrogens with zero attached hydrogens (tertiary/aromatic N) is 4. The zero-order chi connectivity index (χ0) is 26.6. The van der Waals surface area contributed by atoms with E-state index in [0.717, 1.165) is 29.1 Å². The van der Waals surface area contributed by atoms with Gasteiger partial charge in [-0.05, 0) is 56.9 Å².